The van der Waals surface area contributed by atoms with Gasteiger partial charge in [-0.25, -0.2) is 0 Å². The van der Waals surface area contributed by atoms with Gasteiger partial charge in [0, 0.05) is 4.87 Å². The van der Waals surface area contributed by atoms with E-state index in [4.69, 9.17) is 11.6 Å². The van der Waals surface area contributed by atoms with Gasteiger partial charge in [-0.2, -0.15) is 0 Å². The zero-order valence-corrected chi connectivity index (χ0v) is 6.05. The van der Waals surface area contributed by atoms with E-state index in [1.54, 1.807) is 0 Å². The fraction of sp³-hybridized carbons (Fsp3) is 1.00. The maximum atomic E-state index is 5.83. The van der Waals surface area contributed by atoms with Crippen LogP contribution in [0.3, 0.4) is 0 Å². The molecule has 0 nitrogen and oxygen atoms in total. The van der Waals surface area contributed by atoms with Gasteiger partial charge in [0.15, 0.2) is 17.4 Å². The minimum absolute atomic E-state index is 0. The first-order valence-corrected chi connectivity index (χ1v) is 3.13. The molecule has 8 heavy (non-hydrogen) atoms. The minimum Gasteiger partial charge on any atom is -0.120 e. The van der Waals surface area contributed by atoms with Crippen molar-refractivity contribution >= 4 is 29.0 Å². The Kier molecular flexibility index (Phi) is 6.78. The molecule has 50 valence electrons. The van der Waals surface area contributed by atoms with Gasteiger partial charge < -0.3 is 0 Å². The lowest BCUT2D eigenvalue weighted by atomic mass is 10.1. The average Bonchev–Trinajstić information content (AvgIpc) is 1.30. The smallest absolute Gasteiger partial charge is 0.120 e. The summed E-state index contributed by atoms with van der Waals surface area (Å²) in [6.45, 7) is 6.22. The predicted octanol–water partition coefficient (Wildman–Crippen LogP) is 1.62. The maximum absolute atomic E-state index is 5.83. The lowest BCUT2D eigenvalue weighted by Gasteiger charge is -2.12. The quantitative estimate of drug-likeness (QED) is 0.415. The van der Waals surface area contributed by atoms with Crippen LogP contribution in [0.25, 0.3) is 0 Å². The number of hydrogen-bond acceptors (Lipinski definition) is 0. The van der Waals surface area contributed by atoms with E-state index in [1.807, 2.05) is 13.8 Å². The fourth-order valence-corrected chi connectivity index (χ4v) is 0.783. The molecule has 0 bridgehead atoms. The Bertz CT molecular complexity index is 47.0. The van der Waals surface area contributed by atoms with Crippen LogP contribution in [0.15, 0.2) is 0 Å². The second-order valence-corrected chi connectivity index (χ2v) is 3.49. The first-order chi connectivity index (χ1) is 3.06. The molecule has 0 atom stereocenters. The highest BCUT2D eigenvalue weighted by atomic mass is 35.5. The summed E-state index contributed by atoms with van der Waals surface area (Å²) >= 11 is 5.83. The highest BCUT2D eigenvalue weighted by molar-refractivity contribution is 6.23. The molecule has 0 aromatic rings. The Morgan fingerprint density at radius 3 is 1.75 bits per heavy atom. The van der Waals surface area contributed by atoms with Crippen molar-refractivity contribution in [2.75, 3.05) is 0 Å². The summed E-state index contributed by atoms with van der Waals surface area (Å²) in [7, 11) is 0. The Hall–Kier alpha value is 0.822. The molecule has 0 aliphatic carbocycles. The van der Waals surface area contributed by atoms with Gasteiger partial charge in [0.25, 0.3) is 0 Å². The lowest BCUT2D eigenvalue weighted by Crippen LogP contribution is -2.07. The molecule has 0 aliphatic rings. The number of rotatable bonds is 2. The third kappa shape index (κ3) is 9.95. The van der Waals surface area contributed by atoms with Crippen molar-refractivity contribution in [3.05, 3.63) is 0 Å². The molecule has 0 saturated carbocycles. The molecule has 0 heterocycles. The number of hydrogen-bond donors (Lipinski definition) is 0. The summed E-state index contributed by atoms with van der Waals surface area (Å²) in [5, 5.41) is 0. The first-order valence-electron chi connectivity index (χ1n) is 2.75. The fourth-order valence-electron chi connectivity index (χ4n) is 0.594. The molecule has 0 rings (SSSR count). The molecule has 0 aromatic carbocycles. The van der Waals surface area contributed by atoms with E-state index >= 15 is 0 Å². The van der Waals surface area contributed by atoms with E-state index in [1.165, 1.54) is 6.42 Å². The SMILES string of the molecule is CCCC(C)(C)Cl.[AlH3]. The van der Waals surface area contributed by atoms with Crippen molar-refractivity contribution in [3.63, 3.8) is 0 Å². The van der Waals surface area contributed by atoms with Crippen molar-refractivity contribution in [3.8, 4) is 0 Å². The molecular weight excluding hydrogens is 135 g/mol. The van der Waals surface area contributed by atoms with E-state index in [-0.39, 0.29) is 22.2 Å². The third-order valence-corrected chi connectivity index (χ3v) is 1.03. The molecule has 0 amide bonds. The molecule has 0 spiro atoms. The summed E-state index contributed by atoms with van der Waals surface area (Å²) in [6, 6.07) is 0. The first kappa shape index (κ1) is 11.6. The molecule has 0 aliphatic heterocycles. The van der Waals surface area contributed by atoms with Gasteiger partial charge in [-0.05, 0) is 20.3 Å². The van der Waals surface area contributed by atoms with Gasteiger partial charge in [0.2, 0.25) is 0 Å². The second-order valence-electron chi connectivity index (χ2n) is 2.47. The van der Waals surface area contributed by atoms with Crippen LogP contribution < -0.4 is 0 Å². The van der Waals surface area contributed by atoms with E-state index in [9.17, 15) is 0 Å². The highest BCUT2D eigenvalue weighted by Crippen LogP contribution is 2.18. The van der Waals surface area contributed by atoms with E-state index in [0.29, 0.717) is 0 Å². The standard InChI is InChI=1S/C6H13Cl.Al.3H/c1-4-5-6(2,3)7;;;;/h4-5H2,1-3H3;;;;. The molecule has 0 saturated heterocycles. The Labute approximate surface area is 67.7 Å². The van der Waals surface area contributed by atoms with Crippen molar-refractivity contribution in [2.45, 2.75) is 38.5 Å². The Balaban J connectivity index is 0. The van der Waals surface area contributed by atoms with Crippen molar-refractivity contribution < 1.29 is 0 Å². The monoisotopic (exact) mass is 150 g/mol. The summed E-state index contributed by atoms with van der Waals surface area (Å²) in [5.74, 6) is 0. The van der Waals surface area contributed by atoms with E-state index in [2.05, 4.69) is 6.92 Å². The minimum atomic E-state index is 0. The summed E-state index contributed by atoms with van der Waals surface area (Å²) in [4.78, 5) is 0.0226. The van der Waals surface area contributed by atoms with Crippen LogP contribution in [-0.2, 0) is 0 Å². The van der Waals surface area contributed by atoms with Crippen molar-refractivity contribution in [1.82, 2.24) is 0 Å². The van der Waals surface area contributed by atoms with Crippen LogP contribution in [0.2, 0.25) is 0 Å². The summed E-state index contributed by atoms with van der Waals surface area (Å²) < 4.78 is 0. The zero-order valence-electron chi connectivity index (χ0n) is 5.29. The zero-order chi connectivity index (χ0) is 5.91. The van der Waals surface area contributed by atoms with Crippen LogP contribution in [0.5, 0.6) is 0 Å². The summed E-state index contributed by atoms with van der Waals surface area (Å²) in [5.41, 5.74) is 0. The van der Waals surface area contributed by atoms with Gasteiger partial charge in [0.1, 0.15) is 0 Å². The summed E-state index contributed by atoms with van der Waals surface area (Å²) in [6.07, 6.45) is 2.28. The third-order valence-electron chi connectivity index (χ3n) is 0.844. The van der Waals surface area contributed by atoms with Gasteiger partial charge in [-0.1, -0.05) is 13.3 Å². The molecule has 0 fully saturated rings. The second kappa shape index (κ2) is 4.68. The van der Waals surface area contributed by atoms with Gasteiger partial charge in [0.05, 0.1) is 0 Å². The van der Waals surface area contributed by atoms with Gasteiger partial charge >= 0.3 is 0 Å². The Morgan fingerprint density at radius 2 is 1.75 bits per heavy atom. The predicted molar refractivity (Wildman–Crippen MR) is 44.8 cm³/mol. The molecule has 0 unspecified atom stereocenters. The topological polar surface area (TPSA) is 0 Å². The normalized spacial score (nSPS) is 10.5. The van der Waals surface area contributed by atoms with Crippen LogP contribution in [0.1, 0.15) is 33.6 Å². The van der Waals surface area contributed by atoms with Crippen LogP contribution in [0, 0.1) is 0 Å². The van der Waals surface area contributed by atoms with Crippen LogP contribution in [-0.4, -0.2) is 22.2 Å². The largest absolute Gasteiger partial charge is 0.187 e. The van der Waals surface area contributed by atoms with Crippen molar-refractivity contribution in [1.29, 1.82) is 0 Å². The molecule has 0 aromatic heterocycles. The van der Waals surface area contributed by atoms with E-state index < -0.39 is 0 Å². The number of halogens is 1. The highest BCUT2D eigenvalue weighted by Gasteiger charge is 2.09. The van der Waals surface area contributed by atoms with Gasteiger partial charge in [-0.3, -0.25) is 0 Å². The Morgan fingerprint density at radius 1 is 1.38 bits per heavy atom. The molecule has 0 radical (unpaired) electrons. The van der Waals surface area contributed by atoms with Crippen molar-refractivity contribution in [2.24, 2.45) is 0 Å². The van der Waals surface area contributed by atoms with Crippen LogP contribution >= 0.6 is 11.6 Å². The lowest BCUT2D eigenvalue weighted by molar-refractivity contribution is 0.615. The van der Waals surface area contributed by atoms with Gasteiger partial charge in [-0.15, -0.1) is 11.6 Å². The molecule has 2 heteroatoms. The maximum Gasteiger partial charge on any atom is 0.187 e. The molecular formula is C6H16AlCl. The van der Waals surface area contributed by atoms with E-state index in [0.717, 1.165) is 6.42 Å². The van der Waals surface area contributed by atoms with Crippen LogP contribution in [0.4, 0.5) is 0 Å². The average molecular weight is 151 g/mol. The number of alkyl halides is 1. The molecule has 0 N–H and O–H groups in total.